The molecular formula is C26H49N3O6. The summed E-state index contributed by atoms with van der Waals surface area (Å²) >= 11 is 0. The predicted molar refractivity (Wildman–Crippen MR) is 135 cm³/mol. The average molecular weight is 500 g/mol. The number of aliphatic hydroxyl groups excluding tert-OH is 2. The highest BCUT2D eigenvalue weighted by Gasteiger charge is 2.41. The van der Waals surface area contributed by atoms with Crippen molar-refractivity contribution < 1.29 is 29.3 Å². The Balaban J connectivity index is 3.10. The first-order valence-electron chi connectivity index (χ1n) is 13.1. The second kappa shape index (κ2) is 14.0. The van der Waals surface area contributed by atoms with Crippen molar-refractivity contribution in [2.24, 2.45) is 29.4 Å². The van der Waals surface area contributed by atoms with Crippen LogP contribution in [0.2, 0.25) is 0 Å². The summed E-state index contributed by atoms with van der Waals surface area (Å²) in [5, 5.41) is 27.8. The minimum atomic E-state index is -1.47. The molecule has 1 fully saturated rings. The van der Waals surface area contributed by atoms with Gasteiger partial charge >= 0.3 is 6.09 Å². The van der Waals surface area contributed by atoms with E-state index in [1.54, 1.807) is 34.6 Å². The van der Waals surface area contributed by atoms with Gasteiger partial charge in [0.1, 0.15) is 17.7 Å². The molecule has 0 unspecified atom stereocenters. The highest BCUT2D eigenvalue weighted by molar-refractivity contribution is 5.88. The number of hydrogen-bond acceptors (Lipinski definition) is 6. The smallest absolute Gasteiger partial charge is 0.407 e. The molecular weight excluding hydrogens is 450 g/mol. The van der Waals surface area contributed by atoms with Gasteiger partial charge in [0.2, 0.25) is 11.8 Å². The van der Waals surface area contributed by atoms with Crippen molar-refractivity contribution in [3.05, 3.63) is 0 Å². The summed E-state index contributed by atoms with van der Waals surface area (Å²) < 4.78 is 5.39. The Morgan fingerprint density at radius 3 is 2.03 bits per heavy atom. The molecule has 1 aliphatic rings. The van der Waals surface area contributed by atoms with E-state index in [2.05, 4.69) is 10.6 Å². The summed E-state index contributed by atoms with van der Waals surface area (Å²) in [5.74, 6) is -2.44. The summed E-state index contributed by atoms with van der Waals surface area (Å²) in [6, 6.07) is -1.67. The highest BCUT2D eigenvalue weighted by Crippen LogP contribution is 2.30. The van der Waals surface area contributed by atoms with Crippen molar-refractivity contribution in [2.45, 2.75) is 123 Å². The number of amides is 3. The fraction of sp³-hybridized carbons (Fsp3) is 0.885. The molecule has 0 aliphatic heterocycles. The van der Waals surface area contributed by atoms with Crippen LogP contribution in [0, 0.1) is 23.7 Å². The first kappa shape index (κ1) is 31.2. The molecule has 3 amide bonds. The van der Waals surface area contributed by atoms with Crippen LogP contribution in [-0.4, -0.2) is 58.0 Å². The van der Waals surface area contributed by atoms with Crippen LogP contribution in [0.1, 0.15) is 93.4 Å². The van der Waals surface area contributed by atoms with Crippen LogP contribution >= 0.6 is 0 Å². The summed E-state index contributed by atoms with van der Waals surface area (Å²) in [5.41, 5.74) is 4.79. The molecule has 0 spiro atoms. The number of carbonyl (C=O) groups excluding carboxylic acids is 3. The first-order chi connectivity index (χ1) is 16.2. The lowest BCUT2D eigenvalue weighted by atomic mass is 9.79. The molecule has 1 rings (SSSR count). The maximum Gasteiger partial charge on any atom is 0.407 e. The lowest BCUT2D eigenvalue weighted by Gasteiger charge is -2.36. The number of aliphatic hydroxyl groups is 2. The van der Waals surface area contributed by atoms with Crippen molar-refractivity contribution in [3.8, 4) is 0 Å². The maximum atomic E-state index is 13.2. The minimum Gasteiger partial charge on any atom is -0.444 e. The number of nitrogens with one attached hydrogen (secondary N) is 2. The molecule has 0 aromatic rings. The van der Waals surface area contributed by atoms with E-state index in [0.717, 1.165) is 25.7 Å². The molecule has 1 aliphatic carbocycles. The van der Waals surface area contributed by atoms with Crippen molar-refractivity contribution in [1.29, 1.82) is 0 Å². The van der Waals surface area contributed by atoms with Gasteiger partial charge in [0.25, 0.3) is 0 Å². The lowest BCUT2D eigenvalue weighted by Crippen LogP contribution is -2.57. The van der Waals surface area contributed by atoms with Crippen LogP contribution in [0.3, 0.4) is 0 Å². The number of hydrogen-bond donors (Lipinski definition) is 5. The normalized spacial score (nSPS) is 20.3. The van der Waals surface area contributed by atoms with Crippen LogP contribution < -0.4 is 16.4 Å². The molecule has 0 saturated heterocycles. The lowest BCUT2D eigenvalue weighted by molar-refractivity contribution is -0.139. The zero-order chi connectivity index (χ0) is 26.9. The molecule has 6 atom stereocenters. The largest absolute Gasteiger partial charge is 0.444 e. The molecule has 0 bridgehead atoms. The van der Waals surface area contributed by atoms with Crippen molar-refractivity contribution in [3.63, 3.8) is 0 Å². The molecule has 0 radical (unpaired) electrons. The van der Waals surface area contributed by atoms with Gasteiger partial charge in [-0.3, -0.25) is 9.59 Å². The molecule has 0 aromatic heterocycles. The Bertz CT molecular complexity index is 687. The Hall–Kier alpha value is -1.87. The standard InChI is InChI=1S/C26H49N3O6/c1-8-16(4)20(23(27)32)29-24(33)19(15(2)3)22(31)21(30)18(14-17-12-10-9-11-13-17)28-25(34)35-26(5,6)7/h15-22,30-31H,8-14H2,1-7H3,(H2,27,32)(H,28,34)(H,29,33)/t16-,18-,19+,20-,21+,22+/m0/s1. The van der Waals surface area contributed by atoms with Gasteiger partial charge in [-0.05, 0) is 44.9 Å². The fourth-order valence-corrected chi connectivity index (χ4v) is 4.81. The zero-order valence-electron chi connectivity index (χ0n) is 22.7. The molecule has 204 valence electrons. The van der Waals surface area contributed by atoms with Crippen LogP contribution in [0.15, 0.2) is 0 Å². The third-order valence-electron chi connectivity index (χ3n) is 6.98. The first-order valence-corrected chi connectivity index (χ1v) is 13.1. The summed E-state index contributed by atoms with van der Waals surface area (Å²) in [4.78, 5) is 37.7. The number of primary amides is 1. The number of nitrogens with two attached hydrogens (primary N) is 1. The van der Waals surface area contributed by atoms with Crippen LogP contribution in [0.25, 0.3) is 0 Å². The number of alkyl carbamates (subject to hydrolysis) is 1. The number of carbonyl (C=O) groups is 3. The van der Waals surface area contributed by atoms with Gasteiger partial charge in [-0.15, -0.1) is 0 Å². The van der Waals surface area contributed by atoms with Crippen molar-refractivity contribution in [1.82, 2.24) is 10.6 Å². The topological polar surface area (TPSA) is 151 Å². The molecule has 0 aromatic carbocycles. The highest BCUT2D eigenvalue weighted by atomic mass is 16.6. The van der Waals surface area contributed by atoms with Gasteiger partial charge in [-0.25, -0.2) is 4.79 Å². The van der Waals surface area contributed by atoms with Gasteiger partial charge in [-0.1, -0.05) is 66.2 Å². The number of ether oxygens (including phenoxy) is 1. The number of rotatable bonds is 12. The Labute approximate surface area is 210 Å². The van der Waals surface area contributed by atoms with Gasteiger partial charge in [0.05, 0.1) is 18.1 Å². The summed E-state index contributed by atoms with van der Waals surface area (Å²) in [6.45, 7) is 12.5. The Morgan fingerprint density at radius 1 is 1.00 bits per heavy atom. The predicted octanol–water partition coefficient (Wildman–Crippen LogP) is 2.86. The average Bonchev–Trinajstić information content (AvgIpc) is 2.74. The van der Waals surface area contributed by atoms with Gasteiger partial charge in [-0.2, -0.15) is 0 Å². The molecule has 35 heavy (non-hydrogen) atoms. The maximum absolute atomic E-state index is 13.2. The van der Waals surface area contributed by atoms with Crippen LogP contribution in [0.5, 0.6) is 0 Å². The Kier molecular flexibility index (Phi) is 12.5. The van der Waals surface area contributed by atoms with Gasteiger partial charge in [0, 0.05) is 0 Å². The van der Waals surface area contributed by atoms with E-state index in [0.29, 0.717) is 18.8 Å². The quantitative estimate of drug-likeness (QED) is 0.278. The SMILES string of the molecule is CC[C@H](C)[C@H](NC(=O)[C@H](C(C)C)[C@@H](O)[C@H](O)[C@H](CC1CCCCC1)NC(=O)OC(C)(C)C)C(N)=O. The third kappa shape index (κ3) is 10.3. The van der Waals surface area contributed by atoms with E-state index < -0.39 is 53.7 Å². The van der Waals surface area contributed by atoms with E-state index in [1.807, 2.05) is 13.8 Å². The fourth-order valence-electron chi connectivity index (χ4n) is 4.81. The monoisotopic (exact) mass is 499 g/mol. The molecule has 1 saturated carbocycles. The van der Waals surface area contributed by atoms with Gasteiger partial charge in [0.15, 0.2) is 0 Å². The third-order valence-corrected chi connectivity index (χ3v) is 6.98. The molecule has 9 nitrogen and oxygen atoms in total. The summed E-state index contributed by atoms with van der Waals surface area (Å²) in [6.07, 6.45) is 2.86. The van der Waals surface area contributed by atoms with E-state index in [-0.39, 0.29) is 11.8 Å². The van der Waals surface area contributed by atoms with E-state index >= 15 is 0 Å². The Morgan fingerprint density at radius 2 is 1.57 bits per heavy atom. The van der Waals surface area contributed by atoms with Crippen LogP contribution in [-0.2, 0) is 14.3 Å². The van der Waals surface area contributed by atoms with Gasteiger partial charge < -0.3 is 31.3 Å². The second-order valence-electron chi connectivity index (χ2n) is 11.5. The zero-order valence-corrected chi connectivity index (χ0v) is 22.7. The molecule has 0 heterocycles. The summed E-state index contributed by atoms with van der Waals surface area (Å²) in [7, 11) is 0. The van der Waals surface area contributed by atoms with E-state index in [1.165, 1.54) is 6.42 Å². The molecule has 9 heteroatoms. The van der Waals surface area contributed by atoms with Crippen molar-refractivity contribution in [2.75, 3.05) is 0 Å². The van der Waals surface area contributed by atoms with E-state index in [9.17, 15) is 24.6 Å². The van der Waals surface area contributed by atoms with E-state index in [4.69, 9.17) is 10.5 Å². The second-order valence-corrected chi connectivity index (χ2v) is 11.5. The van der Waals surface area contributed by atoms with Crippen LogP contribution in [0.4, 0.5) is 4.79 Å². The minimum absolute atomic E-state index is 0.181. The van der Waals surface area contributed by atoms with Crippen molar-refractivity contribution >= 4 is 17.9 Å². The molecule has 6 N–H and O–H groups in total.